The third-order valence-electron chi connectivity index (χ3n) is 6.10. The van der Waals surface area contributed by atoms with E-state index in [1.807, 2.05) is 0 Å². The first-order valence-corrected chi connectivity index (χ1v) is 13.9. The molecule has 2 aliphatic heterocycles. The zero-order valence-electron chi connectivity index (χ0n) is 21.7. The molecule has 1 aromatic carbocycles. The van der Waals surface area contributed by atoms with Crippen LogP contribution in [0.25, 0.3) is 0 Å². The van der Waals surface area contributed by atoms with E-state index in [-0.39, 0.29) is 46.9 Å². The molecule has 0 spiro atoms. The molecule has 8 N–H and O–H groups in total. The number of hydrogen-bond donors (Lipinski definition) is 7. The van der Waals surface area contributed by atoms with Crippen molar-refractivity contribution in [1.82, 2.24) is 20.5 Å². The summed E-state index contributed by atoms with van der Waals surface area (Å²) in [7, 11) is 0. The van der Waals surface area contributed by atoms with Gasteiger partial charge >= 0.3 is 11.9 Å². The third kappa shape index (κ3) is 6.21. The molecular weight excluding hydrogens is 580 g/mol. The van der Waals surface area contributed by atoms with E-state index in [4.69, 9.17) is 10.6 Å². The van der Waals surface area contributed by atoms with Crippen LogP contribution in [0.4, 0.5) is 5.13 Å². The largest absolute Gasteiger partial charge is 0.504 e. The minimum Gasteiger partial charge on any atom is -0.504 e. The van der Waals surface area contributed by atoms with Gasteiger partial charge in [-0.3, -0.25) is 14.5 Å². The highest BCUT2D eigenvalue weighted by Gasteiger charge is 2.54. The minimum atomic E-state index is -1.77. The van der Waals surface area contributed by atoms with Crippen molar-refractivity contribution in [3.63, 3.8) is 0 Å². The summed E-state index contributed by atoms with van der Waals surface area (Å²) in [5, 5.41) is 48.4. The molecule has 218 valence electrons. The number of carboxylic acid groups (broad SMARTS) is 2. The first kappa shape index (κ1) is 29.6. The summed E-state index contributed by atoms with van der Waals surface area (Å²) in [4.78, 5) is 59.9. The SMILES string of the molecule is CC(C)(O/N=C(\C(=O)NC1C(=O)N2C(C(=O)O)=C(CNCc3ccc(O)c(O)c3)CS[C@@H]12)c1csc(N)n1)C(=O)O. The number of nitrogen functional groups attached to an aromatic ring is 1. The lowest BCUT2D eigenvalue weighted by atomic mass is 10.0. The van der Waals surface area contributed by atoms with E-state index in [0.29, 0.717) is 11.1 Å². The van der Waals surface area contributed by atoms with E-state index in [9.17, 15) is 39.6 Å². The Morgan fingerprint density at radius 2 is 1.95 bits per heavy atom. The van der Waals surface area contributed by atoms with Gasteiger partial charge in [0.25, 0.3) is 11.8 Å². The number of fused-ring (bicyclic) bond motifs is 1. The standard InChI is InChI=1S/C24H26N6O9S2/c1-24(2,22(37)38)39-29-15(12-9-41-23(25)27-12)18(33)28-16-19(34)30-17(21(35)36)11(8-40-20(16)30)7-26-6-10-3-4-13(31)14(32)5-10/h3-5,9,16,20,26,31-32H,6-8H2,1-2H3,(H2,25,27)(H,28,33)(H,35,36)(H,37,38)/b29-15-/t16?,20-/m0/s1. The Labute approximate surface area is 240 Å². The molecule has 0 aliphatic carbocycles. The summed E-state index contributed by atoms with van der Waals surface area (Å²) in [6, 6.07) is 3.21. The molecule has 1 unspecified atom stereocenters. The maximum atomic E-state index is 13.2. The van der Waals surface area contributed by atoms with Crippen LogP contribution in [0.1, 0.15) is 25.1 Å². The Morgan fingerprint density at radius 3 is 2.56 bits per heavy atom. The van der Waals surface area contributed by atoms with E-state index < -0.39 is 46.5 Å². The number of aromatic hydroxyl groups is 2. The normalized spacial score (nSPS) is 18.9. The molecule has 2 amide bonds. The second kappa shape index (κ2) is 11.6. The van der Waals surface area contributed by atoms with Crippen molar-refractivity contribution < 1.29 is 44.4 Å². The second-order valence-electron chi connectivity index (χ2n) is 9.46. The molecule has 2 atom stereocenters. The summed E-state index contributed by atoms with van der Waals surface area (Å²) in [6.45, 7) is 2.85. The first-order valence-electron chi connectivity index (χ1n) is 11.9. The number of phenolic OH excluding ortho intramolecular Hbond substituents is 2. The van der Waals surface area contributed by atoms with Gasteiger partial charge in [-0.2, -0.15) is 0 Å². The number of thiazole rings is 1. The highest BCUT2D eigenvalue weighted by Crippen LogP contribution is 2.40. The Balaban J connectivity index is 1.47. The summed E-state index contributed by atoms with van der Waals surface area (Å²) >= 11 is 2.26. The zero-order chi connectivity index (χ0) is 30.1. The van der Waals surface area contributed by atoms with Crippen molar-refractivity contribution in [2.45, 2.75) is 37.4 Å². The van der Waals surface area contributed by atoms with Gasteiger partial charge in [0, 0.05) is 24.2 Å². The number of aliphatic carboxylic acids is 2. The highest BCUT2D eigenvalue weighted by molar-refractivity contribution is 8.00. The van der Waals surface area contributed by atoms with Crippen LogP contribution in [0.15, 0.2) is 40.0 Å². The number of amides is 2. The predicted octanol–water partition coefficient (Wildman–Crippen LogP) is 0.249. The van der Waals surface area contributed by atoms with Crippen molar-refractivity contribution in [2.75, 3.05) is 18.0 Å². The Hall–Kier alpha value is -4.35. The third-order valence-corrected chi connectivity index (χ3v) is 8.12. The smallest absolute Gasteiger partial charge is 0.352 e. The number of β-lactam (4-membered cyclic amide) rings is 1. The number of thioether (sulfide) groups is 1. The summed E-state index contributed by atoms with van der Waals surface area (Å²) < 4.78 is 0. The van der Waals surface area contributed by atoms with E-state index in [1.165, 1.54) is 43.1 Å². The summed E-state index contributed by atoms with van der Waals surface area (Å²) in [5.41, 5.74) is 4.40. The van der Waals surface area contributed by atoms with Crippen LogP contribution in [0.3, 0.4) is 0 Å². The Morgan fingerprint density at radius 1 is 1.22 bits per heavy atom. The number of rotatable bonds is 11. The molecule has 3 heterocycles. The monoisotopic (exact) mass is 606 g/mol. The molecule has 4 rings (SSSR count). The number of carbonyl (C=O) groups is 4. The Kier molecular flexibility index (Phi) is 8.41. The van der Waals surface area contributed by atoms with Gasteiger partial charge in [-0.1, -0.05) is 11.2 Å². The number of nitrogens with one attached hydrogen (secondary N) is 2. The summed E-state index contributed by atoms with van der Waals surface area (Å²) in [5.74, 6) is -4.48. The topological polar surface area (TPSA) is 237 Å². The molecule has 15 nitrogen and oxygen atoms in total. The fraction of sp³-hybridized carbons (Fsp3) is 0.333. The van der Waals surface area contributed by atoms with E-state index >= 15 is 0 Å². The number of carboxylic acids is 2. The van der Waals surface area contributed by atoms with Gasteiger partial charge in [-0.15, -0.1) is 23.1 Å². The number of phenols is 2. The van der Waals surface area contributed by atoms with Gasteiger partial charge in [0.2, 0.25) is 5.60 Å². The zero-order valence-corrected chi connectivity index (χ0v) is 23.3. The van der Waals surface area contributed by atoms with Crippen molar-refractivity contribution in [1.29, 1.82) is 0 Å². The van der Waals surface area contributed by atoms with E-state index in [2.05, 4.69) is 20.8 Å². The highest BCUT2D eigenvalue weighted by atomic mass is 32.2. The maximum absolute atomic E-state index is 13.2. The molecule has 41 heavy (non-hydrogen) atoms. The number of nitrogens with zero attached hydrogens (tertiary/aromatic N) is 3. The molecule has 2 aliphatic rings. The number of oxime groups is 1. The molecule has 0 bridgehead atoms. The second-order valence-corrected chi connectivity index (χ2v) is 11.5. The number of anilines is 1. The number of carbonyl (C=O) groups excluding carboxylic acids is 2. The molecule has 0 saturated carbocycles. The quantitative estimate of drug-likeness (QED) is 0.0787. The molecule has 0 radical (unpaired) electrons. The van der Waals surface area contributed by atoms with Crippen LogP contribution in [0, 0.1) is 0 Å². The van der Waals surface area contributed by atoms with Crippen molar-refractivity contribution in [3.8, 4) is 11.5 Å². The van der Waals surface area contributed by atoms with Gasteiger partial charge in [-0.25, -0.2) is 14.6 Å². The van der Waals surface area contributed by atoms with E-state index in [0.717, 1.165) is 16.2 Å². The van der Waals surface area contributed by atoms with Crippen LogP contribution >= 0.6 is 23.1 Å². The number of hydrogen-bond acceptors (Lipinski definition) is 13. The minimum absolute atomic E-state index is 0.00698. The molecule has 1 saturated heterocycles. The average Bonchev–Trinajstić information content (AvgIpc) is 3.34. The predicted molar refractivity (Wildman–Crippen MR) is 147 cm³/mol. The van der Waals surface area contributed by atoms with Gasteiger partial charge in [0.05, 0.1) is 0 Å². The van der Waals surface area contributed by atoms with E-state index in [1.54, 1.807) is 6.07 Å². The molecule has 1 fully saturated rings. The lowest BCUT2D eigenvalue weighted by Gasteiger charge is -2.49. The van der Waals surface area contributed by atoms with Gasteiger partial charge in [-0.05, 0) is 37.1 Å². The van der Waals surface area contributed by atoms with Crippen LogP contribution in [0.5, 0.6) is 11.5 Å². The lowest BCUT2D eigenvalue weighted by molar-refractivity contribution is -0.161. The fourth-order valence-corrected chi connectivity index (χ4v) is 5.76. The lowest BCUT2D eigenvalue weighted by Crippen LogP contribution is -2.71. The fourth-order valence-electron chi connectivity index (χ4n) is 3.87. The van der Waals surface area contributed by atoms with Gasteiger partial charge in [0.15, 0.2) is 22.3 Å². The van der Waals surface area contributed by atoms with Gasteiger partial charge < -0.3 is 41.6 Å². The van der Waals surface area contributed by atoms with Crippen LogP contribution in [-0.4, -0.2) is 89.1 Å². The molecule has 2 aromatic rings. The van der Waals surface area contributed by atoms with Crippen LogP contribution < -0.4 is 16.4 Å². The number of aromatic nitrogens is 1. The van der Waals surface area contributed by atoms with Crippen molar-refractivity contribution >= 4 is 57.7 Å². The molecule has 17 heteroatoms. The summed E-state index contributed by atoms with van der Waals surface area (Å²) in [6.07, 6.45) is 0. The first-order chi connectivity index (χ1) is 19.3. The van der Waals surface area contributed by atoms with Crippen LogP contribution in [0.2, 0.25) is 0 Å². The number of nitrogens with two attached hydrogens (primary N) is 1. The average molecular weight is 607 g/mol. The molecular formula is C24H26N6O9S2. The van der Waals surface area contributed by atoms with Gasteiger partial charge in [0.1, 0.15) is 22.8 Å². The van der Waals surface area contributed by atoms with Crippen LogP contribution in [-0.2, 0) is 30.6 Å². The maximum Gasteiger partial charge on any atom is 0.352 e. The Bertz CT molecular complexity index is 1470. The van der Waals surface area contributed by atoms with Crippen molar-refractivity contribution in [2.24, 2.45) is 5.16 Å². The van der Waals surface area contributed by atoms with Crippen molar-refractivity contribution in [3.05, 3.63) is 46.1 Å². The molecule has 1 aromatic heterocycles. The number of benzene rings is 1.